The molecule has 1 heterocycles. The second kappa shape index (κ2) is 7.47. The highest BCUT2D eigenvalue weighted by Crippen LogP contribution is 2.29. The van der Waals surface area contributed by atoms with E-state index < -0.39 is 0 Å². The van der Waals surface area contributed by atoms with E-state index in [9.17, 15) is 9.90 Å². The Balaban J connectivity index is 2.04. The number of nitrogens with one attached hydrogen (secondary N) is 1. The van der Waals surface area contributed by atoms with E-state index in [0.29, 0.717) is 30.0 Å². The highest BCUT2D eigenvalue weighted by atomic mass is 16.5. The van der Waals surface area contributed by atoms with E-state index >= 15 is 0 Å². The van der Waals surface area contributed by atoms with Crippen molar-refractivity contribution in [1.82, 2.24) is 4.90 Å². The lowest BCUT2D eigenvalue weighted by Crippen LogP contribution is -2.47. The number of aliphatic hydroxyl groups is 1. The van der Waals surface area contributed by atoms with Gasteiger partial charge in [0.05, 0.1) is 32.1 Å². The van der Waals surface area contributed by atoms with Gasteiger partial charge in [-0.05, 0) is 31.9 Å². The van der Waals surface area contributed by atoms with Crippen molar-refractivity contribution < 1.29 is 19.4 Å². The number of rotatable bonds is 5. The SMILES string of the molecule is COc1ccc(OC)c(NC(=O)[C@H](C)N2CCC(O)CC2)c1. The number of nitrogens with zero attached hydrogens (tertiary/aromatic N) is 1. The molecule has 1 saturated heterocycles. The Kier molecular flexibility index (Phi) is 5.63. The van der Waals surface area contributed by atoms with Crippen molar-refractivity contribution in [1.29, 1.82) is 0 Å². The molecule has 1 aromatic carbocycles. The van der Waals surface area contributed by atoms with E-state index in [1.165, 1.54) is 0 Å². The number of benzene rings is 1. The molecule has 0 aliphatic carbocycles. The fourth-order valence-corrected chi connectivity index (χ4v) is 2.59. The Morgan fingerprint density at radius 2 is 2.00 bits per heavy atom. The standard InChI is InChI=1S/C16H24N2O4/c1-11(18-8-6-12(19)7-9-18)16(20)17-14-10-13(21-2)4-5-15(14)22-3/h4-5,10-12,19H,6-9H2,1-3H3,(H,17,20)/t11-/m0/s1. The predicted molar refractivity (Wildman–Crippen MR) is 84.5 cm³/mol. The molecule has 0 saturated carbocycles. The highest BCUT2D eigenvalue weighted by Gasteiger charge is 2.26. The van der Waals surface area contributed by atoms with Crippen molar-refractivity contribution in [2.75, 3.05) is 32.6 Å². The van der Waals surface area contributed by atoms with E-state index in [4.69, 9.17) is 9.47 Å². The van der Waals surface area contributed by atoms with Gasteiger partial charge in [-0.1, -0.05) is 0 Å². The van der Waals surface area contributed by atoms with E-state index in [0.717, 1.165) is 13.1 Å². The maximum atomic E-state index is 12.4. The van der Waals surface area contributed by atoms with Crippen LogP contribution in [0.2, 0.25) is 0 Å². The summed E-state index contributed by atoms with van der Waals surface area (Å²) in [6, 6.07) is 5.02. The number of hydrogen-bond acceptors (Lipinski definition) is 5. The van der Waals surface area contributed by atoms with Crippen LogP contribution in [0, 0.1) is 0 Å². The first-order chi connectivity index (χ1) is 10.5. The number of carbonyl (C=O) groups is 1. The van der Waals surface area contributed by atoms with Crippen molar-refractivity contribution in [2.24, 2.45) is 0 Å². The Bertz CT molecular complexity index is 513. The molecule has 1 amide bonds. The number of carbonyl (C=O) groups excluding carboxylic acids is 1. The van der Waals surface area contributed by atoms with Crippen LogP contribution in [0.4, 0.5) is 5.69 Å². The van der Waals surface area contributed by atoms with Gasteiger partial charge in [0.15, 0.2) is 0 Å². The molecule has 6 nitrogen and oxygen atoms in total. The molecule has 6 heteroatoms. The number of aliphatic hydroxyl groups excluding tert-OH is 1. The molecular weight excluding hydrogens is 284 g/mol. The summed E-state index contributed by atoms with van der Waals surface area (Å²) in [6.45, 7) is 3.33. The van der Waals surface area contributed by atoms with E-state index in [1.807, 2.05) is 6.92 Å². The summed E-state index contributed by atoms with van der Waals surface area (Å²) >= 11 is 0. The molecule has 1 fully saturated rings. The van der Waals surface area contributed by atoms with Crippen LogP contribution in [0.25, 0.3) is 0 Å². The lowest BCUT2D eigenvalue weighted by Gasteiger charge is -2.33. The number of piperidine rings is 1. The lowest BCUT2D eigenvalue weighted by molar-refractivity contribution is -0.121. The van der Waals surface area contributed by atoms with Crippen molar-refractivity contribution in [3.05, 3.63) is 18.2 Å². The summed E-state index contributed by atoms with van der Waals surface area (Å²) in [5.74, 6) is 1.16. The molecule has 0 aromatic heterocycles. The summed E-state index contributed by atoms with van der Waals surface area (Å²) in [7, 11) is 3.14. The second-order valence-corrected chi connectivity index (χ2v) is 5.50. The van der Waals surface area contributed by atoms with Gasteiger partial charge < -0.3 is 19.9 Å². The Labute approximate surface area is 131 Å². The number of anilines is 1. The minimum absolute atomic E-state index is 0.0945. The third-order valence-electron chi connectivity index (χ3n) is 4.09. The number of ether oxygens (including phenoxy) is 2. The monoisotopic (exact) mass is 308 g/mol. The van der Waals surface area contributed by atoms with E-state index in [-0.39, 0.29) is 18.1 Å². The largest absolute Gasteiger partial charge is 0.497 e. The molecule has 1 aromatic rings. The summed E-state index contributed by atoms with van der Waals surface area (Å²) in [5, 5.41) is 12.4. The van der Waals surface area contributed by atoms with E-state index in [2.05, 4.69) is 10.2 Å². The van der Waals surface area contributed by atoms with Gasteiger partial charge in [-0.15, -0.1) is 0 Å². The normalized spacial score (nSPS) is 17.8. The maximum absolute atomic E-state index is 12.4. The molecule has 122 valence electrons. The molecule has 2 N–H and O–H groups in total. The summed E-state index contributed by atoms with van der Waals surface area (Å²) in [6.07, 6.45) is 1.17. The molecule has 2 rings (SSSR count). The van der Waals surface area contributed by atoms with Crippen molar-refractivity contribution in [2.45, 2.75) is 31.9 Å². The predicted octanol–water partition coefficient (Wildman–Crippen LogP) is 1.49. The van der Waals surface area contributed by atoms with Crippen LogP contribution in [-0.4, -0.2) is 55.4 Å². The molecule has 1 aliphatic heterocycles. The van der Waals surface area contributed by atoms with Crippen LogP contribution >= 0.6 is 0 Å². The fourth-order valence-electron chi connectivity index (χ4n) is 2.59. The van der Waals surface area contributed by atoms with Crippen LogP contribution in [0.3, 0.4) is 0 Å². The van der Waals surface area contributed by atoms with Crippen LogP contribution in [0.5, 0.6) is 11.5 Å². The van der Waals surface area contributed by atoms with Crippen molar-refractivity contribution in [3.63, 3.8) is 0 Å². The number of methoxy groups -OCH3 is 2. The summed E-state index contributed by atoms with van der Waals surface area (Å²) in [5.41, 5.74) is 0.593. The second-order valence-electron chi connectivity index (χ2n) is 5.50. The first-order valence-corrected chi connectivity index (χ1v) is 7.50. The quantitative estimate of drug-likeness (QED) is 0.862. The van der Waals surface area contributed by atoms with Crippen LogP contribution in [-0.2, 0) is 4.79 Å². The average molecular weight is 308 g/mol. The van der Waals surface area contributed by atoms with Gasteiger partial charge in [-0.2, -0.15) is 0 Å². The Morgan fingerprint density at radius 1 is 1.32 bits per heavy atom. The van der Waals surface area contributed by atoms with Gasteiger partial charge in [0.2, 0.25) is 5.91 Å². The average Bonchev–Trinajstić information content (AvgIpc) is 2.54. The molecule has 0 bridgehead atoms. The summed E-state index contributed by atoms with van der Waals surface area (Å²) in [4.78, 5) is 14.5. The third kappa shape index (κ3) is 3.90. The molecule has 0 radical (unpaired) electrons. The van der Waals surface area contributed by atoms with Gasteiger partial charge in [0.1, 0.15) is 11.5 Å². The maximum Gasteiger partial charge on any atom is 0.241 e. The Morgan fingerprint density at radius 3 is 2.59 bits per heavy atom. The fraction of sp³-hybridized carbons (Fsp3) is 0.562. The van der Waals surface area contributed by atoms with Crippen LogP contribution < -0.4 is 14.8 Å². The molecule has 0 spiro atoms. The first-order valence-electron chi connectivity index (χ1n) is 7.50. The van der Waals surface area contributed by atoms with Gasteiger partial charge in [0.25, 0.3) is 0 Å². The molecule has 0 unspecified atom stereocenters. The van der Waals surface area contributed by atoms with Crippen molar-refractivity contribution >= 4 is 11.6 Å². The first kappa shape index (κ1) is 16.6. The van der Waals surface area contributed by atoms with Gasteiger partial charge in [-0.25, -0.2) is 0 Å². The zero-order valence-corrected chi connectivity index (χ0v) is 13.3. The molecule has 22 heavy (non-hydrogen) atoms. The molecule has 1 atom stereocenters. The van der Waals surface area contributed by atoms with Gasteiger partial charge in [-0.3, -0.25) is 9.69 Å². The van der Waals surface area contributed by atoms with Gasteiger partial charge in [0, 0.05) is 19.2 Å². The number of amides is 1. The molecular formula is C16H24N2O4. The smallest absolute Gasteiger partial charge is 0.241 e. The lowest BCUT2D eigenvalue weighted by atomic mass is 10.1. The molecule has 1 aliphatic rings. The number of hydrogen-bond donors (Lipinski definition) is 2. The number of likely N-dealkylation sites (tertiary alicyclic amines) is 1. The zero-order valence-electron chi connectivity index (χ0n) is 13.3. The summed E-state index contributed by atoms with van der Waals surface area (Å²) < 4.78 is 10.4. The zero-order chi connectivity index (χ0) is 16.1. The highest BCUT2D eigenvalue weighted by molar-refractivity contribution is 5.96. The Hall–Kier alpha value is -1.79. The van der Waals surface area contributed by atoms with Crippen molar-refractivity contribution in [3.8, 4) is 11.5 Å². The van der Waals surface area contributed by atoms with Crippen LogP contribution in [0.15, 0.2) is 18.2 Å². The van der Waals surface area contributed by atoms with Gasteiger partial charge >= 0.3 is 0 Å². The topological polar surface area (TPSA) is 71.0 Å². The third-order valence-corrected chi connectivity index (χ3v) is 4.09. The minimum atomic E-state index is -0.261. The van der Waals surface area contributed by atoms with E-state index in [1.54, 1.807) is 32.4 Å². The van der Waals surface area contributed by atoms with Crippen LogP contribution in [0.1, 0.15) is 19.8 Å². The minimum Gasteiger partial charge on any atom is -0.497 e.